The average Bonchev–Trinajstić information content (AvgIpc) is 1.97. The van der Waals surface area contributed by atoms with Crippen molar-refractivity contribution in [2.24, 2.45) is 0 Å². The van der Waals surface area contributed by atoms with E-state index < -0.39 is 12.8 Å². The summed E-state index contributed by atoms with van der Waals surface area (Å²) in [4.78, 5) is 10.4. The molecule has 0 unspecified atom stereocenters. The molecule has 60 valence electrons. The predicted molar refractivity (Wildman–Crippen MR) is 39.1 cm³/mol. The Morgan fingerprint density at radius 1 is 1.70 bits per heavy atom. The van der Waals surface area contributed by atoms with E-state index in [0.29, 0.717) is 11.9 Å². The van der Waals surface area contributed by atoms with Crippen LogP contribution >= 0.6 is 15.9 Å². The number of carbonyl (C=O) groups excluding carboxylic acids is 1. The fourth-order valence-corrected chi connectivity index (χ4v) is 0.530. The summed E-state index contributed by atoms with van der Waals surface area (Å²) in [5.74, 6) is 0. The van der Waals surface area contributed by atoms with E-state index in [0.717, 1.165) is 0 Å². The van der Waals surface area contributed by atoms with Gasteiger partial charge in [-0.05, 0) is 0 Å². The number of hydrogen-bond donors (Lipinski definition) is 1. The van der Waals surface area contributed by atoms with Gasteiger partial charge in [0, 0.05) is 11.9 Å². The third-order valence-corrected chi connectivity index (χ3v) is 1.07. The second kappa shape index (κ2) is 6.80. The fourth-order valence-electron chi connectivity index (χ4n) is 0.332. The minimum Gasteiger partial charge on any atom is -0.447 e. The minimum atomic E-state index is -0.637. The van der Waals surface area contributed by atoms with Gasteiger partial charge in [-0.25, -0.2) is 9.18 Å². The number of halogens is 2. The first-order valence-corrected chi connectivity index (χ1v) is 3.96. The number of ether oxygens (including phenoxy) is 1. The highest BCUT2D eigenvalue weighted by molar-refractivity contribution is 9.09. The molecular formula is C5H9BrFNO2. The van der Waals surface area contributed by atoms with Crippen molar-refractivity contribution in [1.82, 2.24) is 5.32 Å². The van der Waals surface area contributed by atoms with Gasteiger partial charge in [-0.2, -0.15) is 0 Å². The first-order valence-electron chi connectivity index (χ1n) is 2.83. The van der Waals surface area contributed by atoms with Crippen molar-refractivity contribution in [2.75, 3.05) is 25.2 Å². The lowest BCUT2D eigenvalue weighted by molar-refractivity contribution is 0.138. The fraction of sp³-hybridized carbons (Fsp3) is 0.800. The Bertz CT molecular complexity index is 91.6. The SMILES string of the molecule is O=C(NCCBr)OCCF. The van der Waals surface area contributed by atoms with Gasteiger partial charge in [0.25, 0.3) is 0 Å². The van der Waals surface area contributed by atoms with E-state index in [4.69, 9.17) is 0 Å². The van der Waals surface area contributed by atoms with Crippen LogP contribution in [0.2, 0.25) is 0 Å². The highest BCUT2D eigenvalue weighted by atomic mass is 79.9. The second-order valence-electron chi connectivity index (χ2n) is 1.44. The Morgan fingerprint density at radius 2 is 2.40 bits per heavy atom. The molecule has 0 aromatic carbocycles. The van der Waals surface area contributed by atoms with Crippen molar-refractivity contribution < 1.29 is 13.9 Å². The van der Waals surface area contributed by atoms with Gasteiger partial charge in [-0.15, -0.1) is 0 Å². The Kier molecular flexibility index (Phi) is 6.58. The zero-order valence-corrected chi connectivity index (χ0v) is 6.99. The van der Waals surface area contributed by atoms with Gasteiger partial charge >= 0.3 is 6.09 Å². The van der Waals surface area contributed by atoms with E-state index in [2.05, 4.69) is 26.0 Å². The Labute approximate surface area is 67.1 Å². The molecule has 0 rings (SSSR count). The molecule has 0 aliphatic heterocycles. The third-order valence-electron chi connectivity index (χ3n) is 0.674. The van der Waals surface area contributed by atoms with E-state index in [1.165, 1.54) is 0 Å². The Morgan fingerprint density at radius 3 is 2.90 bits per heavy atom. The lowest BCUT2D eigenvalue weighted by atomic mass is 10.7. The first-order chi connectivity index (χ1) is 4.81. The number of alkyl halides is 2. The van der Waals surface area contributed by atoms with Gasteiger partial charge in [0.15, 0.2) is 0 Å². The molecule has 0 aromatic heterocycles. The molecule has 0 aromatic rings. The maximum atomic E-state index is 11.4. The normalized spacial score (nSPS) is 9.00. The summed E-state index contributed by atoms with van der Waals surface area (Å²) in [5, 5.41) is 3.06. The van der Waals surface area contributed by atoms with Crippen molar-refractivity contribution in [1.29, 1.82) is 0 Å². The molecule has 0 fully saturated rings. The summed E-state index contributed by atoms with van der Waals surface area (Å²) in [6, 6.07) is 0. The van der Waals surface area contributed by atoms with Crippen LogP contribution in [-0.4, -0.2) is 31.2 Å². The number of rotatable bonds is 4. The Balaban J connectivity index is 3.09. The maximum Gasteiger partial charge on any atom is 0.407 e. The number of amides is 1. The summed E-state index contributed by atoms with van der Waals surface area (Å²) in [6.07, 6.45) is -0.572. The molecule has 0 saturated heterocycles. The van der Waals surface area contributed by atoms with Crippen LogP contribution in [-0.2, 0) is 4.74 Å². The molecule has 3 nitrogen and oxygen atoms in total. The van der Waals surface area contributed by atoms with Crippen LogP contribution in [0.15, 0.2) is 0 Å². The predicted octanol–water partition coefficient (Wildman–Crippen LogP) is 1.08. The van der Waals surface area contributed by atoms with Crippen LogP contribution < -0.4 is 5.32 Å². The molecule has 0 radical (unpaired) electrons. The number of carbonyl (C=O) groups is 1. The van der Waals surface area contributed by atoms with Crippen LogP contribution in [0.4, 0.5) is 9.18 Å². The molecule has 0 bridgehead atoms. The molecule has 5 heteroatoms. The van der Waals surface area contributed by atoms with E-state index >= 15 is 0 Å². The quantitative estimate of drug-likeness (QED) is 0.711. The average molecular weight is 214 g/mol. The largest absolute Gasteiger partial charge is 0.447 e. The van der Waals surface area contributed by atoms with Crippen LogP contribution in [0, 0.1) is 0 Å². The van der Waals surface area contributed by atoms with Gasteiger partial charge in [0.2, 0.25) is 0 Å². The summed E-state index contributed by atoms with van der Waals surface area (Å²) in [7, 11) is 0. The van der Waals surface area contributed by atoms with E-state index in [1.54, 1.807) is 0 Å². The zero-order valence-electron chi connectivity index (χ0n) is 5.40. The van der Waals surface area contributed by atoms with Crippen molar-refractivity contribution in [2.45, 2.75) is 0 Å². The lowest BCUT2D eigenvalue weighted by Gasteiger charge is -2.01. The zero-order chi connectivity index (χ0) is 7.82. The molecule has 1 N–H and O–H groups in total. The van der Waals surface area contributed by atoms with Crippen molar-refractivity contribution >= 4 is 22.0 Å². The maximum absolute atomic E-state index is 11.4. The van der Waals surface area contributed by atoms with Crippen molar-refractivity contribution in [3.8, 4) is 0 Å². The van der Waals surface area contributed by atoms with Gasteiger partial charge in [-0.1, -0.05) is 15.9 Å². The molecular weight excluding hydrogens is 205 g/mol. The minimum absolute atomic E-state index is 0.173. The molecule has 10 heavy (non-hydrogen) atoms. The highest BCUT2D eigenvalue weighted by Gasteiger charge is 1.97. The molecule has 0 spiro atoms. The summed E-state index contributed by atoms with van der Waals surface area (Å²) >= 11 is 3.10. The summed E-state index contributed by atoms with van der Waals surface area (Å²) in [5.41, 5.74) is 0. The second-order valence-corrected chi connectivity index (χ2v) is 2.23. The third kappa shape index (κ3) is 5.81. The highest BCUT2D eigenvalue weighted by Crippen LogP contribution is 1.80. The van der Waals surface area contributed by atoms with E-state index in [-0.39, 0.29) is 6.61 Å². The number of alkyl carbamates (subject to hydrolysis) is 1. The number of hydrogen-bond acceptors (Lipinski definition) is 2. The van der Waals surface area contributed by atoms with Crippen LogP contribution in [0.25, 0.3) is 0 Å². The van der Waals surface area contributed by atoms with E-state index in [9.17, 15) is 9.18 Å². The van der Waals surface area contributed by atoms with Crippen molar-refractivity contribution in [3.63, 3.8) is 0 Å². The van der Waals surface area contributed by atoms with Crippen LogP contribution in [0.5, 0.6) is 0 Å². The number of nitrogens with one attached hydrogen (secondary N) is 1. The lowest BCUT2D eigenvalue weighted by Crippen LogP contribution is -2.26. The molecule has 0 aliphatic rings. The van der Waals surface area contributed by atoms with Gasteiger partial charge < -0.3 is 10.1 Å². The Hall–Kier alpha value is -0.320. The van der Waals surface area contributed by atoms with Crippen LogP contribution in [0.3, 0.4) is 0 Å². The molecule has 0 saturated carbocycles. The van der Waals surface area contributed by atoms with E-state index in [1.807, 2.05) is 0 Å². The topological polar surface area (TPSA) is 38.3 Å². The van der Waals surface area contributed by atoms with Crippen LogP contribution in [0.1, 0.15) is 0 Å². The summed E-state index contributed by atoms with van der Waals surface area (Å²) in [6.45, 7) is -0.318. The van der Waals surface area contributed by atoms with Gasteiger partial charge in [-0.3, -0.25) is 0 Å². The first kappa shape index (κ1) is 9.68. The molecule has 0 aliphatic carbocycles. The van der Waals surface area contributed by atoms with Gasteiger partial charge in [0.05, 0.1) is 0 Å². The van der Waals surface area contributed by atoms with Crippen molar-refractivity contribution in [3.05, 3.63) is 0 Å². The standard InChI is InChI=1S/C5H9BrFNO2/c6-1-3-8-5(9)10-4-2-7/h1-4H2,(H,8,9). The molecule has 1 amide bonds. The molecule has 0 heterocycles. The molecule has 0 atom stereocenters. The summed E-state index contributed by atoms with van der Waals surface area (Å²) < 4.78 is 15.7. The monoisotopic (exact) mass is 213 g/mol. The smallest absolute Gasteiger partial charge is 0.407 e. The van der Waals surface area contributed by atoms with Gasteiger partial charge in [0.1, 0.15) is 13.3 Å².